The second-order valence-corrected chi connectivity index (χ2v) is 6.62. The van der Waals surface area contributed by atoms with Crippen LogP contribution in [0.4, 0.5) is 0 Å². The van der Waals surface area contributed by atoms with E-state index in [0.29, 0.717) is 6.04 Å². The molecule has 21 heavy (non-hydrogen) atoms. The fraction of sp³-hybridized carbons (Fsp3) is 0.938. The molecule has 0 aromatic rings. The highest BCUT2D eigenvalue weighted by Gasteiger charge is 2.29. The van der Waals surface area contributed by atoms with Gasteiger partial charge in [0.2, 0.25) is 5.91 Å². The summed E-state index contributed by atoms with van der Waals surface area (Å²) in [4.78, 5) is 19.2. The van der Waals surface area contributed by atoms with Crippen LogP contribution in [0.5, 0.6) is 0 Å². The molecule has 1 fully saturated rings. The van der Waals surface area contributed by atoms with E-state index in [2.05, 4.69) is 28.7 Å². The second kappa shape index (κ2) is 9.38. The number of likely N-dealkylation sites (tertiary alicyclic amines) is 1. The molecular formula is C16H34N4O. The SMILES string of the molecule is CCCCC(N)C(=O)N(CCN(C)C)C1CCN(C)CC1. The Labute approximate surface area is 130 Å². The van der Waals surface area contributed by atoms with Crippen molar-refractivity contribution in [2.24, 2.45) is 5.73 Å². The first-order valence-electron chi connectivity index (χ1n) is 8.35. The molecular weight excluding hydrogens is 264 g/mol. The Hall–Kier alpha value is -0.650. The highest BCUT2D eigenvalue weighted by molar-refractivity contribution is 5.82. The molecule has 0 saturated carbocycles. The van der Waals surface area contributed by atoms with Crippen molar-refractivity contribution in [3.05, 3.63) is 0 Å². The number of amides is 1. The lowest BCUT2D eigenvalue weighted by molar-refractivity contribution is -0.136. The standard InChI is InChI=1S/C16H34N4O/c1-5-6-7-15(17)16(21)20(13-12-18(2)3)14-8-10-19(4)11-9-14/h14-15H,5-13,17H2,1-4H3. The lowest BCUT2D eigenvalue weighted by Gasteiger charge is -2.39. The average molecular weight is 298 g/mol. The van der Waals surface area contributed by atoms with Crippen LogP contribution in [-0.2, 0) is 4.79 Å². The van der Waals surface area contributed by atoms with Crippen molar-refractivity contribution in [3.63, 3.8) is 0 Å². The summed E-state index contributed by atoms with van der Waals surface area (Å²) in [6.07, 6.45) is 5.06. The van der Waals surface area contributed by atoms with Gasteiger partial charge in [-0.2, -0.15) is 0 Å². The predicted molar refractivity (Wildman–Crippen MR) is 88.3 cm³/mol. The highest BCUT2D eigenvalue weighted by Crippen LogP contribution is 2.17. The fourth-order valence-corrected chi connectivity index (χ4v) is 2.85. The molecule has 0 aliphatic carbocycles. The maximum atomic E-state index is 12.7. The van der Waals surface area contributed by atoms with Crippen LogP contribution in [0.2, 0.25) is 0 Å². The number of likely N-dealkylation sites (N-methyl/N-ethyl adjacent to an activating group) is 1. The van der Waals surface area contributed by atoms with Crippen LogP contribution in [0.1, 0.15) is 39.0 Å². The van der Waals surface area contributed by atoms with E-state index in [1.807, 2.05) is 14.1 Å². The number of carbonyl (C=O) groups excluding carboxylic acids is 1. The molecule has 1 amide bonds. The van der Waals surface area contributed by atoms with Crippen LogP contribution in [0.15, 0.2) is 0 Å². The Balaban J connectivity index is 2.64. The van der Waals surface area contributed by atoms with Crippen LogP contribution in [0.3, 0.4) is 0 Å². The van der Waals surface area contributed by atoms with Gasteiger partial charge in [0, 0.05) is 19.1 Å². The second-order valence-electron chi connectivity index (χ2n) is 6.62. The van der Waals surface area contributed by atoms with Crippen molar-refractivity contribution < 1.29 is 4.79 Å². The number of nitrogens with zero attached hydrogens (tertiary/aromatic N) is 3. The van der Waals surface area contributed by atoms with Gasteiger partial charge in [0.15, 0.2) is 0 Å². The summed E-state index contributed by atoms with van der Waals surface area (Å²) in [5.41, 5.74) is 6.13. The minimum absolute atomic E-state index is 0.153. The molecule has 1 rings (SSSR count). The zero-order valence-electron chi connectivity index (χ0n) is 14.3. The van der Waals surface area contributed by atoms with Crippen LogP contribution in [0.25, 0.3) is 0 Å². The van der Waals surface area contributed by atoms with Gasteiger partial charge >= 0.3 is 0 Å². The predicted octanol–water partition coefficient (Wildman–Crippen LogP) is 0.988. The normalized spacial score (nSPS) is 19.0. The smallest absolute Gasteiger partial charge is 0.239 e. The van der Waals surface area contributed by atoms with Gasteiger partial charge in [-0.15, -0.1) is 0 Å². The van der Waals surface area contributed by atoms with E-state index in [0.717, 1.165) is 58.3 Å². The first kappa shape index (κ1) is 18.4. The third kappa shape index (κ3) is 6.32. The van der Waals surface area contributed by atoms with Crippen molar-refractivity contribution >= 4 is 5.91 Å². The van der Waals surface area contributed by atoms with Crippen molar-refractivity contribution in [3.8, 4) is 0 Å². The molecule has 2 N–H and O–H groups in total. The van der Waals surface area contributed by atoms with E-state index in [1.165, 1.54) is 0 Å². The van der Waals surface area contributed by atoms with E-state index in [9.17, 15) is 4.79 Å². The zero-order chi connectivity index (χ0) is 15.8. The monoisotopic (exact) mass is 298 g/mol. The molecule has 5 heteroatoms. The molecule has 1 aliphatic heterocycles. The number of rotatable bonds is 8. The van der Waals surface area contributed by atoms with Gasteiger partial charge in [-0.3, -0.25) is 4.79 Å². The maximum Gasteiger partial charge on any atom is 0.239 e. The van der Waals surface area contributed by atoms with Gasteiger partial charge < -0.3 is 20.4 Å². The fourth-order valence-electron chi connectivity index (χ4n) is 2.85. The lowest BCUT2D eigenvalue weighted by atomic mass is 10.0. The third-order valence-corrected chi connectivity index (χ3v) is 4.39. The maximum absolute atomic E-state index is 12.7. The third-order valence-electron chi connectivity index (χ3n) is 4.39. The van der Waals surface area contributed by atoms with Gasteiger partial charge in [0.05, 0.1) is 6.04 Å². The lowest BCUT2D eigenvalue weighted by Crippen LogP contribution is -2.53. The zero-order valence-corrected chi connectivity index (χ0v) is 14.3. The largest absolute Gasteiger partial charge is 0.337 e. The summed E-state index contributed by atoms with van der Waals surface area (Å²) in [5, 5.41) is 0. The van der Waals surface area contributed by atoms with Crippen LogP contribution >= 0.6 is 0 Å². The molecule has 5 nitrogen and oxygen atoms in total. The number of unbranched alkanes of at least 4 members (excludes halogenated alkanes) is 1. The molecule has 0 radical (unpaired) electrons. The molecule has 1 heterocycles. The molecule has 0 spiro atoms. The Kier molecular flexibility index (Phi) is 8.22. The number of piperidine rings is 1. The van der Waals surface area contributed by atoms with Crippen molar-refractivity contribution in [2.75, 3.05) is 47.3 Å². The summed E-state index contributed by atoms with van der Waals surface area (Å²) in [6.45, 7) is 5.97. The number of hydrogen-bond acceptors (Lipinski definition) is 4. The van der Waals surface area contributed by atoms with E-state index in [-0.39, 0.29) is 11.9 Å². The molecule has 1 aliphatic rings. The molecule has 124 valence electrons. The van der Waals surface area contributed by atoms with Crippen molar-refractivity contribution in [1.82, 2.24) is 14.7 Å². The van der Waals surface area contributed by atoms with E-state index in [4.69, 9.17) is 5.73 Å². The first-order valence-corrected chi connectivity index (χ1v) is 8.35. The van der Waals surface area contributed by atoms with Gasteiger partial charge in [0.1, 0.15) is 0 Å². The minimum atomic E-state index is -0.327. The van der Waals surface area contributed by atoms with E-state index in [1.54, 1.807) is 0 Å². The Morgan fingerprint density at radius 2 is 1.90 bits per heavy atom. The number of hydrogen-bond donors (Lipinski definition) is 1. The van der Waals surface area contributed by atoms with Crippen LogP contribution in [0, 0.1) is 0 Å². The summed E-state index contributed by atoms with van der Waals surface area (Å²) in [7, 11) is 6.25. The molecule has 1 unspecified atom stereocenters. The quantitative estimate of drug-likeness (QED) is 0.726. The topological polar surface area (TPSA) is 52.8 Å². The molecule has 0 bridgehead atoms. The average Bonchev–Trinajstić information content (AvgIpc) is 2.46. The Morgan fingerprint density at radius 3 is 2.43 bits per heavy atom. The Morgan fingerprint density at radius 1 is 1.29 bits per heavy atom. The molecule has 1 saturated heterocycles. The van der Waals surface area contributed by atoms with Crippen molar-refractivity contribution in [1.29, 1.82) is 0 Å². The summed E-state index contributed by atoms with van der Waals surface area (Å²) < 4.78 is 0. The summed E-state index contributed by atoms with van der Waals surface area (Å²) in [5.74, 6) is 0.153. The van der Waals surface area contributed by atoms with E-state index >= 15 is 0 Å². The van der Waals surface area contributed by atoms with Gasteiger partial charge in [-0.05, 0) is 53.5 Å². The molecule has 0 aromatic carbocycles. The molecule has 0 aromatic heterocycles. The van der Waals surface area contributed by atoms with Crippen molar-refractivity contribution in [2.45, 2.75) is 51.1 Å². The number of nitrogens with two attached hydrogens (primary N) is 1. The van der Waals surface area contributed by atoms with Gasteiger partial charge in [-0.25, -0.2) is 0 Å². The first-order chi connectivity index (χ1) is 9.95. The Bertz CT molecular complexity index is 301. The number of carbonyl (C=O) groups is 1. The van der Waals surface area contributed by atoms with E-state index < -0.39 is 0 Å². The van der Waals surface area contributed by atoms with Gasteiger partial charge in [-0.1, -0.05) is 19.8 Å². The highest BCUT2D eigenvalue weighted by atomic mass is 16.2. The summed E-state index contributed by atoms with van der Waals surface area (Å²) in [6, 6.07) is 0.0353. The van der Waals surface area contributed by atoms with Crippen LogP contribution in [-0.4, -0.2) is 80.0 Å². The molecule has 1 atom stereocenters. The minimum Gasteiger partial charge on any atom is -0.337 e. The summed E-state index contributed by atoms with van der Waals surface area (Å²) >= 11 is 0. The van der Waals surface area contributed by atoms with Crippen LogP contribution < -0.4 is 5.73 Å². The van der Waals surface area contributed by atoms with Gasteiger partial charge in [0.25, 0.3) is 0 Å².